The van der Waals surface area contributed by atoms with Crippen molar-refractivity contribution in [3.05, 3.63) is 24.3 Å². The Balaban J connectivity index is 1.53. The van der Waals surface area contributed by atoms with Gasteiger partial charge in [0, 0.05) is 33.7 Å². The van der Waals surface area contributed by atoms with Crippen LogP contribution in [0, 0.1) is 0 Å². The molecule has 2 atom stereocenters. The second-order valence-corrected chi connectivity index (χ2v) is 8.76. The maximum absolute atomic E-state index is 13.1. The lowest BCUT2D eigenvalue weighted by atomic mass is 10.1. The van der Waals surface area contributed by atoms with Crippen LogP contribution in [-0.4, -0.2) is 144 Å². The van der Waals surface area contributed by atoms with Gasteiger partial charge in [0.1, 0.15) is 24.2 Å². The molecule has 0 saturated carbocycles. The van der Waals surface area contributed by atoms with E-state index in [2.05, 4.69) is 9.48 Å². The third-order valence-corrected chi connectivity index (χ3v) is 6.49. The number of β-amino-alcohol motifs (C(OH)–C–C–N with tert-alkyl or cyclic N) is 2. The Morgan fingerprint density at radius 3 is 2.40 bits per heavy atom. The molecule has 0 bridgehead atoms. The Labute approximate surface area is 204 Å². The Morgan fingerprint density at radius 1 is 1.11 bits per heavy atom. The van der Waals surface area contributed by atoms with Gasteiger partial charge in [-0.05, 0) is 24.3 Å². The predicted molar refractivity (Wildman–Crippen MR) is 127 cm³/mol. The van der Waals surface area contributed by atoms with Crippen LogP contribution in [0.25, 0.3) is 0 Å². The number of hydrogen-bond acceptors (Lipinski definition) is 7. The van der Waals surface area contributed by atoms with Gasteiger partial charge in [0.25, 0.3) is 5.91 Å². The van der Waals surface area contributed by atoms with Crippen molar-refractivity contribution in [2.24, 2.45) is 4.99 Å². The summed E-state index contributed by atoms with van der Waals surface area (Å²) < 4.78 is 12.9. The number of nitrogens with zero attached hydrogens (tertiary/aromatic N) is 6. The van der Waals surface area contributed by atoms with Crippen LogP contribution in [0.4, 0.5) is 4.79 Å². The molecule has 1 aromatic rings. The smallest absolute Gasteiger partial charge is 0.392 e. The SMILES string of the molecule is COc1ccc(OCC(O)CN2C(=[N+]3CCN(CCO)CC3)N=C3C2C(=O)N(C)C(=O)N3C)cc1. The minimum atomic E-state index is -0.918. The molecule has 2 saturated heterocycles. The van der Waals surface area contributed by atoms with Crippen LogP contribution in [0.15, 0.2) is 29.3 Å². The second kappa shape index (κ2) is 10.6. The fourth-order valence-corrected chi connectivity index (χ4v) is 4.48. The lowest BCUT2D eigenvalue weighted by molar-refractivity contribution is -0.545. The summed E-state index contributed by atoms with van der Waals surface area (Å²) in [4.78, 5) is 36.7. The summed E-state index contributed by atoms with van der Waals surface area (Å²) in [7, 11) is 4.63. The third kappa shape index (κ3) is 5.09. The number of likely N-dealkylation sites (N-methyl/N-ethyl adjacent to an activating group) is 2. The minimum Gasteiger partial charge on any atom is -0.497 e. The lowest BCUT2D eigenvalue weighted by Crippen LogP contribution is -2.63. The van der Waals surface area contributed by atoms with Gasteiger partial charge >= 0.3 is 12.0 Å². The molecule has 3 amide bonds. The number of urea groups is 1. The van der Waals surface area contributed by atoms with Gasteiger partial charge in [0.2, 0.25) is 11.9 Å². The predicted octanol–water partition coefficient (Wildman–Crippen LogP) is -1.28. The summed E-state index contributed by atoms with van der Waals surface area (Å²) in [6.45, 7) is 3.58. The number of amides is 3. The number of methoxy groups -OCH3 is 1. The average molecular weight is 490 g/mol. The number of carbonyl (C=O) groups excluding carboxylic acids is 2. The number of benzene rings is 1. The van der Waals surface area contributed by atoms with E-state index >= 15 is 0 Å². The third-order valence-electron chi connectivity index (χ3n) is 6.49. The highest BCUT2D eigenvalue weighted by molar-refractivity contribution is 6.25. The van der Waals surface area contributed by atoms with Gasteiger partial charge in [0.05, 0.1) is 33.4 Å². The zero-order valence-electron chi connectivity index (χ0n) is 20.3. The molecule has 3 aliphatic heterocycles. The topological polar surface area (TPSA) is 121 Å². The number of hydrogen-bond donors (Lipinski definition) is 2. The highest BCUT2D eigenvalue weighted by Gasteiger charge is 2.55. The van der Waals surface area contributed by atoms with E-state index in [1.807, 2.05) is 0 Å². The molecule has 3 aliphatic rings. The van der Waals surface area contributed by atoms with E-state index in [0.29, 0.717) is 42.9 Å². The first-order chi connectivity index (χ1) is 16.8. The van der Waals surface area contributed by atoms with Crippen LogP contribution in [0.5, 0.6) is 11.5 Å². The van der Waals surface area contributed by atoms with Gasteiger partial charge < -0.3 is 19.7 Å². The molecule has 0 spiro atoms. The first kappa shape index (κ1) is 24.9. The summed E-state index contributed by atoms with van der Waals surface area (Å²) in [5, 5.41) is 20.1. The van der Waals surface area contributed by atoms with Gasteiger partial charge in [-0.2, -0.15) is 0 Å². The molecule has 12 heteroatoms. The fraction of sp³-hybridized carbons (Fsp3) is 0.565. The zero-order valence-corrected chi connectivity index (χ0v) is 20.3. The number of guanidine groups is 1. The Kier molecular flexibility index (Phi) is 7.53. The summed E-state index contributed by atoms with van der Waals surface area (Å²) in [6.07, 6.45) is -0.918. The van der Waals surface area contributed by atoms with Gasteiger partial charge in [0.15, 0.2) is 0 Å². The van der Waals surface area contributed by atoms with E-state index in [9.17, 15) is 19.8 Å². The van der Waals surface area contributed by atoms with Gasteiger partial charge in [-0.3, -0.25) is 24.1 Å². The molecular weight excluding hydrogens is 456 g/mol. The van der Waals surface area contributed by atoms with Crippen LogP contribution >= 0.6 is 0 Å². The van der Waals surface area contributed by atoms with Gasteiger partial charge in [-0.1, -0.05) is 4.99 Å². The van der Waals surface area contributed by atoms with Crippen molar-refractivity contribution in [1.82, 2.24) is 19.6 Å². The number of imide groups is 1. The van der Waals surface area contributed by atoms with Crippen molar-refractivity contribution in [1.29, 1.82) is 0 Å². The molecule has 12 nitrogen and oxygen atoms in total. The largest absolute Gasteiger partial charge is 0.497 e. The Bertz CT molecular complexity index is 1000. The monoisotopic (exact) mass is 489 g/mol. The van der Waals surface area contributed by atoms with E-state index in [4.69, 9.17) is 14.5 Å². The van der Waals surface area contributed by atoms with Crippen molar-refractivity contribution >= 4 is 23.7 Å². The molecule has 2 unspecified atom stereocenters. The molecule has 0 radical (unpaired) electrons. The van der Waals surface area contributed by atoms with E-state index in [1.54, 1.807) is 43.3 Å². The van der Waals surface area contributed by atoms with Crippen molar-refractivity contribution < 1.29 is 33.9 Å². The molecule has 0 aromatic heterocycles. The molecule has 1 aromatic carbocycles. The van der Waals surface area contributed by atoms with Gasteiger partial charge in [-0.15, -0.1) is 0 Å². The number of amidine groups is 1. The summed E-state index contributed by atoms with van der Waals surface area (Å²) >= 11 is 0. The summed E-state index contributed by atoms with van der Waals surface area (Å²) in [5.41, 5.74) is 0. The molecular formula is C23H33N6O6+. The maximum Gasteiger partial charge on any atom is 0.392 e. The minimum absolute atomic E-state index is 0.0151. The molecule has 3 heterocycles. The van der Waals surface area contributed by atoms with Crippen LogP contribution in [-0.2, 0) is 4.79 Å². The van der Waals surface area contributed by atoms with E-state index in [1.165, 1.54) is 11.9 Å². The van der Waals surface area contributed by atoms with Crippen molar-refractivity contribution in [3.63, 3.8) is 0 Å². The Hall–Kier alpha value is -3.22. The fourth-order valence-electron chi connectivity index (χ4n) is 4.48. The van der Waals surface area contributed by atoms with Crippen LogP contribution in [0.1, 0.15) is 0 Å². The van der Waals surface area contributed by atoms with Gasteiger partial charge in [-0.25, -0.2) is 9.69 Å². The van der Waals surface area contributed by atoms with E-state index < -0.39 is 18.2 Å². The van der Waals surface area contributed by atoms with Crippen LogP contribution in [0.2, 0.25) is 0 Å². The summed E-state index contributed by atoms with van der Waals surface area (Å²) in [6, 6.07) is 5.81. The number of fused-ring (bicyclic) bond motifs is 1. The normalized spacial score (nSPS) is 21.9. The number of aliphatic imine (C=N–C) groups is 1. The highest BCUT2D eigenvalue weighted by atomic mass is 16.5. The number of piperazine rings is 1. The molecule has 2 N–H and O–H groups in total. The molecule has 0 aliphatic carbocycles. The second-order valence-electron chi connectivity index (χ2n) is 8.76. The zero-order chi connectivity index (χ0) is 25.1. The molecule has 4 rings (SSSR count). The first-order valence-corrected chi connectivity index (χ1v) is 11.6. The summed E-state index contributed by atoms with van der Waals surface area (Å²) in [5.74, 6) is 1.82. The van der Waals surface area contributed by atoms with E-state index in [-0.39, 0.29) is 25.7 Å². The number of rotatable bonds is 8. The quantitative estimate of drug-likeness (QED) is 0.433. The van der Waals surface area contributed by atoms with Crippen molar-refractivity contribution in [2.75, 3.05) is 73.7 Å². The number of aliphatic hydroxyl groups excluding tert-OH is 2. The van der Waals surface area contributed by atoms with E-state index in [0.717, 1.165) is 18.0 Å². The van der Waals surface area contributed by atoms with Crippen LogP contribution < -0.4 is 9.47 Å². The first-order valence-electron chi connectivity index (χ1n) is 11.6. The molecule has 190 valence electrons. The number of aliphatic hydroxyl groups is 2. The standard InChI is InChI=1S/C23H33N6O6/c1-25-20-19(21(32)26(2)23(25)33)29(22(24-20)28-10-8-27(9-11-28)12-13-30)14-16(31)15-35-18-6-4-17(34-3)5-7-18/h4-7,16,19,30-31H,8-15H2,1-3H3/q+1. The molecule has 2 fully saturated rings. The average Bonchev–Trinajstić information content (AvgIpc) is 3.25. The number of ether oxygens (including phenoxy) is 2. The highest BCUT2D eigenvalue weighted by Crippen LogP contribution is 2.24. The van der Waals surface area contributed by atoms with Crippen LogP contribution in [0.3, 0.4) is 0 Å². The lowest BCUT2D eigenvalue weighted by Gasteiger charge is -2.34. The van der Waals surface area contributed by atoms with Crippen molar-refractivity contribution in [3.8, 4) is 11.5 Å². The Morgan fingerprint density at radius 2 is 1.77 bits per heavy atom. The van der Waals surface area contributed by atoms with Crippen molar-refractivity contribution in [2.45, 2.75) is 12.1 Å². The number of carbonyl (C=O) groups is 2. The maximum atomic E-state index is 13.1. The molecule has 35 heavy (non-hydrogen) atoms.